The van der Waals surface area contributed by atoms with Crippen molar-refractivity contribution in [2.75, 3.05) is 20.1 Å². The van der Waals surface area contributed by atoms with Gasteiger partial charge < -0.3 is 11.1 Å². The molecule has 0 fully saturated rings. The second-order valence-corrected chi connectivity index (χ2v) is 2.64. The fourth-order valence-corrected chi connectivity index (χ4v) is 0.848. The lowest BCUT2D eigenvalue weighted by molar-refractivity contribution is -0.247. The summed E-state index contributed by atoms with van der Waals surface area (Å²) in [6.07, 6.45) is -3.37. The Bertz CT molecular complexity index is 176. The van der Waals surface area contributed by atoms with Crippen molar-refractivity contribution in [3.8, 4) is 0 Å². The van der Waals surface area contributed by atoms with Crippen LogP contribution in [0.3, 0.4) is 0 Å². The normalized spacial score (nSPS) is 14.7. The van der Waals surface area contributed by atoms with E-state index < -0.39 is 12.3 Å². The van der Waals surface area contributed by atoms with Crippen LogP contribution in [-0.4, -0.2) is 43.7 Å². The summed E-state index contributed by atoms with van der Waals surface area (Å²) in [4.78, 5) is 0. The lowest BCUT2D eigenvalue weighted by atomic mass is 10.3. The van der Waals surface area contributed by atoms with Crippen molar-refractivity contribution >= 4 is 6.21 Å². The van der Waals surface area contributed by atoms with Crippen LogP contribution in [-0.2, 0) is 0 Å². The van der Waals surface area contributed by atoms with Gasteiger partial charge in [0, 0.05) is 18.8 Å². The van der Waals surface area contributed by atoms with Crippen LogP contribution in [0.4, 0.5) is 13.2 Å². The highest BCUT2D eigenvalue weighted by Crippen LogP contribution is 2.21. The molecule has 0 aliphatic heterocycles. The molecule has 4 nitrogen and oxygen atoms in total. The number of rotatable bonds is 5. The van der Waals surface area contributed by atoms with Crippen molar-refractivity contribution < 1.29 is 13.2 Å². The maximum absolute atomic E-state index is 12.3. The second kappa shape index (κ2) is 5.82. The zero-order valence-electron chi connectivity index (χ0n) is 8.17. The average molecular weight is 212 g/mol. The van der Waals surface area contributed by atoms with Crippen molar-refractivity contribution in [2.24, 2.45) is 10.8 Å². The van der Waals surface area contributed by atoms with Gasteiger partial charge in [-0.3, -0.25) is 0 Å². The van der Waals surface area contributed by atoms with Gasteiger partial charge >= 0.3 is 6.30 Å². The molecule has 0 aromatic carbocycles. The first-order valence-electron chi connectivity index (χ1n) is 4.16. The Balaban J connectivity index is 4.37. The van der Waals surface area contributed by atoms with Crippen LogP contribution in [0.1, 0.15) is 6.92 Å². The largest absolute Gasteiger partial charge is 0.500 e. The average Bonchev–Trinajstić information content (AvgIpc) is 2.10. The first-order valence-corrected chi connectivity index (χ1v) is 4.16. The number of hydrazone groups is 1. The summed E-state index contributed by atoms with van der Waals surface area (Å²) in [6, 6.07) is -0.430. The minimum atomic E-state index is -4.46. The minimum Gasteiger partial charge on any atom is -0.329 e. The maximum Gasteiger partial charge on any atom is 0.500 e. The van der Waals surface area contributed by atoms with E-state index in [1.165, 1.54) is 6.92 Å². The molecule has 0 aromatic rings. The monoisotopic (exact) mass is 212 g/mol. The van der Waals surface area contributed by atoms with E-state index in [0.717, 1.165) is 6.21 Å². The molecule has 0 aromatic heterocycles. The highest BCUT2D eigenvalue weighted by molar-refractivity contribution is 5.52. The third-order valence-corrected chi connectivity index (χ3v) is 1.63. The highest BCUT2D eigenvalue weighted by Gasteiger charge is 2.37. The molecule has 3 N–H and O–H groups in total. The van der Waals surface area contributed by atoms with Crippen LogP contribution >= 0.6 is 0 Å². The first kappa shape index (κ1) is 13.2. The molecule has 1 unspecified atom stereocenters. The number of hydrogen-bond donors (Lipinski definition) is 2. The zero-order chi connectivity index (χ0) is 11.2. The number of nitrogens with two attached hydrogens (primary N) is 1. The SMILES string of the molecule is C/C=N\N(CC(CN)NC)C(F)(F)F. The van der Waals surface area contributed by atoms with E-state index >= 15 is 0 Å². The summed E-state index contributed by atoms with van der Waals surface area (Å²) in [6.45, 7) is 1.26. The highest BCUT2D eigenvalue weighted by atomic mass is 19.4. The van der Waals surface area contributed by atoms with Crippen molar-refractivity contribution in [1.82, 2.24) is 10.3 Å². The molecule has 0 radical (unpaired) electrons. The lowest BCUT2D eigenvalue weighted by Crippen LogP contribution is -2.46. The Morgan fingerprint density at radius 3 is 2.43 bits per heavy atom. The van der Waals surface area contributed by atoms with Crippen LogP contribution in [0.15, 0.2) is 5.10 Å². The van der Waals surface area contributed by atoms with E-state index in [0.29, 0.717) is 0 Å². The summed E-state index contributed by atoms with van der Waals surface area (Å²) < 4.78 is 36.9. The molecule has 0 bridgehead atoms. The number of hydrogen-bond acceptors (Lipinski definition) is 4. The van der Waals surface area contributed by atoms with Crippen LogP contribution in [0, 0.1) is 0 Å². The molecule has 0 rings (SSSR count). The van der Waals surface area contributed by atoms with E-state index in [4.69, 9.17) is 5.73 Å². The molecule has 84 valence electrons. The Kier molecular flexibility index (Phi) is 5.47. The summed E-state index contributed by atoms with van der Waals surface area (Å²) in [5.41, 5.74) is 5.26. The molecule has 0 aliphatic rings. The first-order chi connectivity index (χ1) is 6.45. The zero-order valence-corrected chi connectivity index (χ0v) is 8.17. The fourth-order valence-electron chi connectivity index (χ4n) is 0.848. The van der Waals surface area contributed by atoms with Gasteiger partial charge in [-0.05, 0) is 14.0 Å². The van der Waals surface area contributed by atoms with Gasteiger partial charge in [-0.25, -0.2) is 5.01 Å². The van der Waals surface area contributed by atoms with E-state index in [2.05, 4.69) is 10.4 Å². The van der Waals surface area contributed by atoms with Crippen molar-refractivity contribution in [3.63, 3.8) is 0 Å². The lowest BCUT2D eigenvalue weighted by Gasteiger charge is -2.25. The third-order valence-electron chi connectivity index (χ3n) is 1.63. The van der Waals surface area contributed by atoms with Gasteiger partial charge in [0.1, 0.15) is 0 Å². The van der Waals surface area contributed by atoms with Crippen molar-refractivity contribution in [2.45, 2.75) is 19.3 Å². The predicted octanol–water partition coefficient (Wildman–Crippen LogP) is 0.361. The van der Waals surface area contributed by atoms with Gasteiger partial charge in [-0.2, -0.15) is 5.10 Å². The number of alkyl halides is 3. The smallest absolute Gasteiger partial charge is 0.329 e. The molecule has 0 saturated carbocycles. The molecule has 1 atom stereocenters. The van der Waals surface area contributed by atoms with Gasteiger partial charge in [0.25, 0.3) is 0 Å². The van der Waals surface area contributed by atoms with E-state index in [-0.39, 0.29) is 18.1 Å². The summed E-state index contributed by atoms with van der Waals surface area (Å²) in [7, 11) is 1.56. The van der Waals surface area contributed by atoms with Crippen LogP contribution in [0.5, 0.6) is 0 Å². The number of likely N-dealkylation sites (N-methyl/N-ethyl adjacent to an activating group) is 1. The number of halogens is 3. The summed E-state index contributed by atoms with van der Waals surface area (Å²) in [5.74, 6) is 0. The molecule has 14 heavy (non-hydrogen) atoms. The predicted molar refractivity (Wildman–Crippen MR) is 48.8 cm³/mol. The second-order valence-electron chi connectivity index (χ2n) is 2.64. The Labute approximate surface area is 80.9 Å². The maximum atomic E-state index is 12.3. The Hall–Kier alpha value is -0.820. The molecule has 0 amide bonds. The van der Waals surface area contributed by atoms with Crippen LogP contribution < -0.4 is 11.1 Å². The Morgan fingerprint density at radius 1 is 1.57 bits per heavy atom. The van der Waals surface area contributed by atoms with E-state index in [1.807, 2.05) is 0 Å². The van der Waals surface area contributed by atoms with Crippen molar-refractivity contribution in [1.29, 1.82) is 0 Å². The number of nitrogens with one attached hydrogen (secondary N) is 1. The van der Waals surface area contributed by atoms with Crippen molar-refractivity contribution in [3.05, 3.63) is 0 Å². The molecule has 0 aliphatic carbocycles. The quantitative estimate of drug-likeness (QED) is 0.393. The molecular formula is C7H15F3N4. The third kappa shape index (κ3) is 4.43. The minimum absolute atomic E-state index is 0.0566. The standard InChI is InChI=1S/C7H15F3N4/c1-3-13-14(7(8,9)10)5-6(4-11)12-2/h3,6,12H,4-5,11H2,1-2H3/b13-3-. The van der Waals surface area contributed by atoms with Gasteiger partial charge in [-0.1, -0.05) is 0 Å². The molecular weight excluding hydrogens is 197 g/mol. The van der Waals surface area contributed by atoms with Gasteiger partial charge in [0.2, 0.25) is 0 Å². The topological polar surface area (TPSA) is 53.6 Å². The number of nitrogens with zero attached hydrogens (tertiary/aromatic N) is 2. The van der Waals surface area contributed by atoms with Crippen LogP contribution in [0.25, 0.3) is 0 Å². The van der Waals surface area contributed by atoms with Gasteiger partial charge in [0.15, 0.2) is 0 Å². The van der Waals surface area contributed by atoms with E-state index in [9.17, 15) is 13.2 Å². The summed E-state index contributed by atoms with van der Waals surface area (Å²) in [5, 5.41) is 5.95. The fraction of sp³-hybridized carbons (Fsp3) is 0.857. The van der Waals surface area contributed by atoms with Gasteiger partial charge in [-0.15, -0.1) is 13.2 Å². The van der Waals surface area contributed by atoms with E-state index in [1.54, 1.807) is 7.05 Å². The van der Waals surface area contributed by atoms with Crippen LogP contribution in [0.2, 0.25) is 0 Å². The summed E-state index contributed by atoms with van der Waals surface area (Å²) >= 11 is 0. The molecule has 0 spiro atoms. The van der Waals surface area contributed by atoms with Gasteiger partial charge in [0.05, 0.1) is 6.54 Å². The molecule has 0 heterocycles. The molecule has 0 saturated heterocycles. The molecule has 7 heteroatoms. The Morgan fingerprint density at radius 2 is 2.14 bits per heavy atom.